The van der Waals surface area contributed by atoms with E-state index in [4.69, 9.17) is 5.26 Å². The van der Waals surface area contributed by atoms with Crippen molar-refractivity contribution in [3.05, 3.63) is 78.5 Å². The minimum Gasteiger partial charge on any atom is -0.353 e. The zero-order valence-corrected chi connectivity index (χ0v) is 22.4. The van der Waals surface area contributed by atoms with Crippen molar-refractivity contribution >= 4 is 28.7 Å². The van der Waals surface area contributed by atoms with Gasteiger partial charge in [0, 0.05) is 31.4 Å². The van der Waals surface area contributed by atoms with Gasteiger partial charge < -0.3 is 9.80 Å². The molecule has 8 nitrogen and oxygen atoms in total. The van der Waals surface area contributed by atoms with Gasteiger partial charge in [0.05, 0.1) is 22.9 Å². The topological polar surface area (TPSA) is 95.1 Å². The van der Waals surface area contributed by atoms with E-state index < -0.39 is 5.92 Å². The molecule has 2 fully saturated rings. The summed E-state index contributed by atoms with van der Waals surface area (Å²) >= 11 is 0. The Labute approximate surface area is 231 Å². The number of hydrogen-bond donors (Lipinski definition) is 0. The van der Waals surface area contributed by atoms with Crippen molar-refractivity contribution in [2.24, 2.45) is 5.92 Å². The SMILES string of the molecule is CC(C(=O)n1ccc2c(N3CC[C@]4(C3)[C@@H](C)CN4C(=O)CC#N)ncnc21)c1ccc(-c2ccccc2)c(F)c1. The summed E-state index contributed by atoms with van der Waals surface area (Å²) in [4.78, 5) is 39.1. The smallest absolute Gasteiger partial charge is 0.239 e. The number of nitrogens with zero attached hydrogens (tertiary/aromatic N) is 6. The van der Waals surface area contributed by atoms with Crippen LogP contribution >= 0.6 is 0 Å². The average Bonchev–Trinajstić information content (AvgIpc) is 3.62. The molecule has 0 aliphatic carbocycles. The fraction of sp³-hybridized carbons (Fsp3) is 0.323. The van der Waals surface area contributed by atoms with Crippen LogP contribution in [0.2, 0.25) is 0 Å². The van der Waals surface area contributed by atoms with E-state index >= 15 is 4.39 Å². The molecule has 1 unspecified atom stereocenters. The quantitative estimate of drug-likeness (QED) is 0.355. The number of hydrogen-bond acceptors (Lipinski definition) is 6. The molecule has 0 bridgehead atoms. The predicted molar refractivity (Wildman–Crippen MR) is 149 cm³/mol. The first-order valence-corrected chi connectivity index (χ1v) is 13.5. The third kappa shape index (κ3) is 4.02. The molecule has 6 rings (SSSR count). The van der Waals surface area contributed by atoms with E-state index in [-0.39, 0.29) is 29.6 Å². The first-order valence-electron chi connectivity index (χ1n) is 13.5. The van der Waals surface area contributed by atoms with Gasteiger partial charge in [-0.3, -0.25) is 14.2 Å². The van der Waals surface area contributed by atoms with Crippen molar-refractivity contribution in [1.82, 2.24) is 19.4 Å². The second-order valence-corrected chi connectivity index (χ2v) is 10.8. The maximum Gasteiger partial charge on any atom is 0.239 e. The van der Waals surface area contributed by atoms with Crippen molar-refractivity contribution < 1.29 is 14.0 Å². The Morgan fingerprint density at radius 1 is 1.18 bits per heavy atom. The molecule has 0 N–H and O–H groups in total. The lowest BCUT2D eigenvalue weighted by Gasteiger charge is -2.55. The summed E-state index contributed by atoms with van der Waals surface area (Å²) in [6.45, 7) is 5.88. The molecule has 9 heteroatoms. The fourth-order valence-electron chi connectivity index (χ4n) is 6.28. The van der Waals surface area contributed by atoms with Crippen LogP contribution in [-0.4, -0.2) is 56.4 Å². The van der Waals surface area contributed by atoms with Gasteiger partial charge in [0.1, 0.15) is 24.4 Å². The van der Waals surface area contributed by atoms with Gasteiger partial charge in [-0.15, -0.1) is 0 Å². The van der Waals surface area contributed by atoms with E-state index in [9.17, 15) is 9.59 Å². The van der Waals surface area contributed by atoms with E-state index in [0.717, 1.165) is 17.4 Å². The summed E-state index contributed by atoms with van der Waals surface area (Å²) in [7, 11) is 0. The first-order chi connectivity index (χ1) is 19.3. The maximum atomic E-state index is 15.0. The molecule has 0 radical (unpaired) electrons. The average molecular weight is 537 g/mol. The molecule has 2 aliphatic heterocycles. The minimum absolute atomic E-state index is 0.117. The summed E-state index contributed by atoms with van der Waals surface area (Å²) in [6.07, 6.45) is 3.82. The molecule has 4 heterocycles. The number of anilines is 1. The predicted octanol–water partition coefficient (Wildman–Crippen LogP) is 5.02. The molecule has 1 spiro atoms. The van der Waals surface area contributed by atoms with E-state index in [0.29, 0.717) is 48.1 Å². The molecule has 40 heavy (non-hydrogen) atoms. The van der Waals surface area contributed by atoms with E-state index in [2.05, 4.69) is 21.8 Å². The standard InChI is InChI=1S/C31H29FN6O2/c1-20-17-38(27(39)10-13-33)31(20)12-15-36(18-31)28-25-11-14-37(29(25)35-19-34-28)30(40)21(2)23-8-9-24(26(32)16-23)22-6-4-3-5-7-22/h3-9,11,14,16,19-21H,10,12,15,17-18H2,1-2H3/t20-,21?,31-/m0/s1. The van der Waals surface area contributed by atoms with Crippen LogP contribution in [0.15, 0.2) is 67.1 Å². The number of amides is 1. The van der Waals surface area contributed by atoms with Gasteiger partial charge in [-0.1, -0.05) is 49.4 Å². The molecule has 202 valence electrons. The number of halogens is 1. The molecular weight excluding hydrogens is 507 g/mol. The minimum atomic E-state index is -0.598. The normalized spacial score (nSPS) is 20.9. The number of fused-ring (bicyclic) bond motifs is 1. The van der Waals surface area contributed by atoms with E-state index in [1.54, 1.807) is 25.3 Å². The van der Waals surface area contributed by atoms with Crippen LogP contribution in [0.1, 0.15) is 43.0 Å². The number of likely N-dealkylation sites (tertiary alicyclic amines) is 1. The molecule has 0 saturated carbocycles. The first kappa shape index (κ1) is 25.7. The summed E-state index contributed by atoms with van der Waals surface area (Å²) in [5, 5.41) is 9.75. The fourth-order valence-corrected chi connectivity index (χ4v) is 6.28. The summed E-state index contributed by atoms with van der Waals surface area (Å²) in [5.74, 6) is -0.288. The zero-order chi connectivity index (χ0) is 28.0. The number of benzene rings is 2. The van der Waals surface area contributed by atoms with Gasteiger partial charge in [0.15, 0.2) is 5.65 Å². The van der Waals surface area contributed by atoms with Crippen molar-refractivity contribution in [2.45, 2.75) is 38.1 Å². The van der Waals surface area contributed by atoms with Crippen LogP contribution in [0, 0.1) is 23.1 Å². The Hall–Kier alpha value is -4.58. The van der Waals surface area contributed by atoms with Crippen molar-refractivity contribution in [3.63, 3.8) is 0 Å². The van der Waals surface area contributed by atoms with Gasteiger partial charge in [0.2, 0.25) is 11.8 Å². The van der Waals surface area contributed by atoms with Crippen LogP contribution < -0.4 is 4.90 Å². The molecule has 3 atom stereocenters. The number of aromatic nitrogens is 3. The van der Waals surface area contributed by atoms with Gasteiger partial charge in [-0.05, 0) is 42.5 Å². The Morgan fingerprint density at radius 2 is 1.98 bits per heavy atom. The highest BCUT2D eigenvalue weighted by Gasteiger charge is 2.56. The lowest BCUT2D eigenvalue weighted by molar-refractivity contribution is -0.152. The van der Waals surface area contributed by atoms with Crippen LogP contribution in [0.3, 0.4) is 0 Å². The molecule has 2 aromatic heterocycles. The van der Waals surface area contributed by atoms with E-state index in [1.165, 1.54) is 17.0 Å². The molecule has 1 amide bonds. The summed E-state index contributed by atoms with van der Waals surface area (Å²) in [5.41, 5.74) is 2.03. The van der Waals surface area contributed by atoms with Crippen molar-refractivity contribution in [1.29, 1.82) is 5.26 Å². The molecule has 2 aromatic carbocycles. The largest absolute Gasteiger partial charge is 0.353 e. The van der Waals surface area contributed by atoms with Crippen molar-refractivity contribution in [3.8, 4) is 17.2 Å². The Kier molecular flexibility index (Phi) is 6.34. The van der Waals surface area contributed by atoms with Gasteiger partial charge in [0.25, 0.3) is 0 Å². The molecular formula is C31H29FN6O2. The third-order valence-corrected chi connectivity index (χ3v) is 8.67. The highest BCUT2D eigenvalue weighted by Crippen LogP contribution is 2.45. The molecule has 2 aliphatic rings. The number of carbonyl (C=O) groups is 2. The summed E-state index contributed by atoms with van der Waals surface area (Å²) < 4.78 is 16.5. The van der Waals surface area contributed by atoms with Crippen LogP contribution in [0.4, 0.5) is 10.2 Å². The van der Waals surface area contributed by atoms with Crippen molar-refractivity contribution in [2.75, 3.05) is 24.5 Å². The number of nitriles is 1. The lowest BCUT2D eigenvalue weighted by Crippen LogP contribution is -2.69. The number of carbonyl (C=O) groups excluding carboxylic acids is 2. The molecule has 2 saturated heterocycles. The molecule has 4 aromatic rings. The highest BCUT2D eigenvalue weighted by molar-refractivity contribution is 5.97. The maximum absolute atomic E-state index is 15.0. The second-order valence-electron chi connectivity index (χ2n) is 10.8. The zero-order valence-electron chi connectivity index (χ0n) is 22.4. The lowest BCUT2D eigenvalue weighted by atomic mass is 9.74. The van der Waals surface area contributed by atoms with Gasteiger partial charge in [-0.2, -0.15) is 5.26 Å². The Morgan fingerprint density at radius 3 is 2.70 bits per heavy atom. The Bertz CT molecular complexity index is 1660. The van der Waals surface area contributed by atoms with Crippen LogP contribution in [-0.2, 0) is 4.79 Å². The second kappa shape index (κ2) is 9.87. The number of rotatable bonds is 5. The monoisotopic (exact) mass is 536 g/mol. The van der Waals surface area contributed by atoms with Gasteiger partial charge in [-0.25, -0.2) is 14.4 Å². The summed E-state index contributed by atoms with van der Waals surface area (Å²) in [6, 6.07) is 18.1. The van der Waals surface area contributed by atoms with Crippen LogP contribution in [0.5, 0.6) is 0 Å². The van der Waals surface area contributed by atoms with Gasteiger partial charge >= 0.3 is 0 Å². The van der Waals surface area contributed by atoms with Crippen LogP contribution in [0.25, 0.3) is 22.2 Å². The Balaban J connectivity index is 1.25. The van der Waals surface area contributed by atoms with E-state index in [1.807, 2.05) is 47.4 Å². The highest BCUT2D eigenvalue weighted by atomic mass is 19.1. The third-order valence-electron chi connectivity index (χ3n) is 8.67.